The minimum absolute atomic E-state index is 0.183. The van der Waals surface area contributed by atoms with Crippen LogP contribution in [0.1, 0.15) is 39.0 Å². The Kier molecular flexibility index (Phi) is 5.16. The molecule has 0 fully saturated rings. The number of carboxylic acid groups (broad SMARTS) is 1. The number of nitrogens with one attached hydrogen (secondary N) is 2. The predicted molar refractivity (Wildman–Crippen MR) is 80.2 cm³/mol. The Morgan fingerprint density at radius 2 is 2.00 bits per heavy atom. The molecule has 1 rings (SSSR count). The van der Waals surface area contributed by atoms with E-state index < -0.39 is 17.5 Å². The Bertz CT molecular complexity index is 471. The van der Waals surface area contributed by atoms with Gasteiger partial charge in [-0.05, 0) is 24.8 Å². The molecule has 6 heteroatoms. The van der Waals surface area contributed by atoms with Crippen LogP contribution in [0, 0.1) is 0 Å². The standard InChI is InChI=1S/C14H22N2O3S/c1-5-14(4,11(17)18)16-12(19)15-9-13(2,3)10-7-6-8-20-10/h6-8H,5,9H2,1-4H3,(H,17,18)(H2,15,16,19). The fraction of sp³-hybridized carbons (Fsp3) is 0.571. The smallest absolute Gasteiger partial charge is 0.329 e. The van der Waals surface area contributed by atoms with E-state index in [2.05, 4.69) is 10.6 Å². The third-order valence-corrected chi connectivity index (χ3v) is 4.68. The molecule has 0 aliphatic rings. The maximum absolute atomic E-state index is 11.9. The molecule has 0 aliphatic heterocycles. The Labute approximate surface area is 123 Å². The zero-order valence-electron chi connectivity index (χ0n) is 12.3. The molecule has 5 nitrogen and oxygen atoms in total. The zero-order chi connectivity index (χ0) is 15.4. The van der Waals surface area contributed by atoms with Crippen molar-refractivity contribution in [1.29, 1.82) is 0 Å². The lowest BCUT2D eigenvalue weighted by Crippen LogP contribution is -2.55. The number of rotatable bonds is 6. The first-order valence-electron chi connectivity index (χ1n) is 6.54. The van der Waals surface area contributed by atoms with Crippen LogP contribution in [-0.4, -0.2) is 29.2 Å². The molecule has 0 saturated carbocycles. The van der Waals surface area contributed by atoms with Crippen LogP contribution in [-0.2, 0) is 10.2 Å². The van der Waals surface area contributed by atoms with Crippen molar-refractivity contribution in [3.8, 4) is 0 Å². The van der Waals surface area contributed by atoms with Crippen LogP contribution in [0.2, 0.25) is 0 Å². The van der Waals surface area contributed by atoms with Crippen molar-refractivity contribution in [2.24, 2.45) is 0 Å². The van der Waals surface area contributed by atoms with Gasteiger partial charge in [0.25, 0.3) is 0 Å². The van der Waals surface area contributed by atoms with Crippen molar-refractivity contribution < 1.29 is 14.7 Å². The molecule has 1 atom stereocenters. The fourth-order valence-corrected chi connectivity index (χ4v) is 2.49. The second-order valence-corrected chi connectivity index (χ2v) is 6.61. The van der Waals surface area contributed by atoms with Crippen molar-refractivity contribution in [1.82, 2.24) is 10.6 Å². The predicted octanol–water partition coefficient (Wildman–Crippen LogP) is 2.58. The van der Waals surface area contributed by atoms with Gasteiger partial charge in [0.15, 0.2) is 0 Å². The highest BCUT2D eigenvalue weighted by molar-refractivity contribution is 7.10. The number of carbonyl (C=O) groups excluding carboxylic acids is 1. The number of carbonyl (C=O) groups is 2. The molecule has 0 aromatic carbocycles. The van der Waals surface area contributed by atoms with Crippen LogP contribution in [0.3, 0.4) is 0 Å². The molecule has 20 heavy (non-hydrogen) atoms. The van der Waals surface area contributed by atoms with Gasteiger partial charge in [0.05, 0.1) is 0 Å². The quantitative estimate of drug-likeness (QED) is 0.755. The number of aliphatic carboxylic acids is 1. The fourth-order valence-electron chi connectivity index (χ4n) is 1.64. The van der Waals surface area contributed by atoms with E-state index in [1.165, 1.54) is 11.8 Å². The minimum Gasteiger partial charge on any atom is -0.480 e. The SMILES string of the molecule is CCC(C)(NC(=O)NCC(C)(C)c1cccs1)C(=O)O. The highest BCUT2D eigenvalue weighted by atomic mass is 32.1. The van der Waals surface area contributed by atoms with Crippen LogP contribution in [0.4, 0.5) is 4.79 Å². The summed E-state index contributed by atoms with van der Waals surface area (Å²) in [4.78, 5) is 24.2. The van der Waals surface area contributed by atoms with Crippen LogP contribution >= 0.6 is 11.3 Å². The molecule has 1 heterocycles. The first-order valence-corrected chi connectivity index (χ1v) is 7.42. The van der Waals surface area contributed by atoms with Crippen LogP contribution in [0.25, 0.3) is 0 Å². The summed E-state index contributed by atoms with van der Waals surface area (Å²) >= 11 is 1.64. The largest absolute Gasteiger partial charge is 0.480 e. The van der Waals surface area contributed by atoms with Gasteiger partial charge in [0.1, 0.15) is 5.54 Å². The summed E-state index contributed by atoms with van der Waals surface area (Å²) < 4.78 is 0. The zero-order valence-corrected chi connectivity index (χ0v) is 13.1. The molecule has 2 amide bonds. The molecule has 0 spiro atoms. The molecular formula is C14H22N2O3S. The van der Waals surface area contributed by atoms with E-state index in [4.69, 9.17) is 5.11 Å². The summed E-state index contributed by atoms with van der Waals surface area (Å²) in [5.41, 5.74) is -1.42. The maximum atomic E-state index is 11.9. The highest BCUT2D eigenvalue weighted by Gasteiger charge is 2.33. The Morgan fingerprint density at radius 3 is 2.45 bits per heavy atom. The lowest BCUT2D eigenvalue weighted by Gasteiger charge is -2.27. The van der Waals surface area contributed by atoms with Gasteiger partial charge in [-0.1, -0.05) is 26.8 Å². The van der Waals surface area contributed by atoms with Crippen LogP contribution in [0.5, 0.6) is 0 Å². The van der Waals surface area contributed by atoms with Gasteiger partial charge >= 0.3 is 12.0 Å². The summed E-state index contributed by atoms with van der Waals surface area (Å²) in [7, 11) is 0. The van der Waals surface area contributed by atoms with Gasteiger partial charge < -0.3 is 15.7 Å². The summed E-state index contributed by atoms with van der Waals surface area (Å²) in [5.74, 6) is -1.03. The summed E-state index contributed by atoms with van der Waals surface area (Å²) in [6.07, 6.45) is 0.323. The van der Waals surface area contributed by atoms with E-state index in [-0.39, 0.29) is 5.41 Å². The number of carboxylic acids is 1. The second kappa shape index (κ2) is 6.26. The average Bonchev–Trinajstić information content (AvgIpc) is 2.90. The van der Waals surface area contributed by atoms with E-state index in [0.717, 1.165) is 0 Å². The van der Waals surface area contributed by atoms with Crippen LogP contribution in [0.15, 0.2) is 17.5 Å². The molecule has 1 unspecified atom stereocenters. The molecule has 1 aromatic heterocycles. The Balaban J connectivity index is 2.58. The van der Waals surface area contributed by atoms with Crippen molar-refractivity contribution in [2.75, 3.05) is 6.54 Å². The highest BCUT2D eigenvalue weighted by Crippen LogP contribution is 2.26. The number of hydrogen-bond acceptors (Lipinski definition) is 3. The molecule has 0 radical (unpaired) electrons. The van der Waals surface area contributed by atoms with Gasteiger partial charge in [-0.15, -0.1) is 11.3 Å². The molecule has 3 N–H and O–H groups in total. The van der Waals surface area contributed by atoms with E-state index in [1.54, 1.807) is 18.3 Å². The molecule has 1 aromatic rings. The molecule has 0 saturated heterocycles. The normalized spacial score (nSPS) is 14.4. The first-order chi connectivity index (χ1) is 9.21. The maximum Gasteiger partial charge on any atom is 0.329 e. The van der Waals surface area contributed by atoms with Gasteiger partial charge in [-0.25, -0.2) is 9.59 Å². The van der Waals surface area contributed by atoms with E-state index >= 15 is 0 Å². The van der Waals surface area contributed by atoms with Crippen molar-refractivity contribution in [3.05, 3.63) is 22.4 Å². The number of hydrogen-bond donors (Lipinski definition) is 3. The van der Waals surface area contributed by atoms with Gasteiger partial charge in [-0.3, -0.25) is 0 Å². The average molecular weight is 298 g/mol. The van der Waals surface area contributed by atoms with E-state index in [0.29, 0.717) is 13.0 Å². The van der Waals surface area contributed by atoms with E-state index in [9.17, 15) is 9.59 Å². The lowest BCUT2D eigenvalue weighted by molar-refractivity contribution is -0.143. The summed E-state index contributed by atoms with van der Waals surface area (Å²) in [5, 5.41) is 16.4. The summed E-state index contributed by atoms with van der Waals surface area (Å²) in [6.45, 7) is 7.74. The number of thiophene rings is 1. The van der Waals surface area contributed by atoms with E-state index in [1.807, 2.05) is 31.4 Å². The van der Waals surface area contributed by atoms with Crippen molar-refractivity contribution in [3.63, 3.8) is 0 Å². The van der Waals surface area contributed by atoms with Gasteiger partial charge in [0, 0.05) is 16.8 Å². The topological polar surface area (TPSA) is 78.4 Å². The van der Waals surface area contributed by atoms with Crippen molar-refractivity contribution in [2.45, 2.75) is 45.1 Å². The molecular weight excluding hydrogens is 276 g/mol. The molecule has 0 bridgehead atoms. The minimum atomic E-state index is -1.24. The third kappa shape index (κ3) is 3.96. The van der Waals surface area contributed by atoms with Gasteiger partial charge in [-0.2, -0.15) is 0 Å². The van der Waals surface area contributed by atoms with Crippen molar-refractivity contribution >= 4 is 23.3 Å². The Hall–Kier alpha value is -1.56. The first kappa shape index (κ1) is 16.5. The monoisotopic (exact) mass is 298 g/mol. The second-order valence-electron chi connectivity index (χ2n) is 5.66. The number of urea groups is 1. The van der Waals surface area contributed by atoms with Gasteiger partial charge in [0.2, 0.25) is 0 Å². The number of amides is 2. The van der Waals surface area contributed by atoms with Crippen LogP contribution < -0.4 is 10.6 Å². The molecule has 112 valence electrons. The summed E-state index contributed by atoms with van der Waals surface area (Å²) in [6, 6.07) is 3.54. The molecule has 0 aliphatic carbocycles. The Morgan fingerprint density at radius 1 is 1.35 bits per heavy atom. The lowest BCUT2D eigenvalue weighted by atomic mass is 9.91. The third-order valence-electron chi connectivity index (χ3n) is 3.45.